The molecule has 2 atom stereocenters. The number of thioether (sulfide) groups is 1. The fraction of sp³-hybridized carbons (Fsp3) is 0.444. The number of Topliss-reactive ketones (excluding diaryl/α,β-unsaturated/α-hetero) is 1. The Kier molecular flexibility index (Phi) is 4.06. The Morgan fingerprint density at radius 2 is 2.09 bits per heavy atom. The Morgan fingerprint density at radius 3 is 2.91 bits per heavy atom. The highest BCUT2D eigenvalue weighted by Gasteiger charge is 2.41. The number of carbonyl (C=O) groups is 1. The van der Waals surface area contributed by atoms with E-state index in [1.807, 2.05) is 17.8 Å². The fourth-order valence-electron chi connectivity index (χ4n) is 3.80. The van der Waals surface area contributed by atoms with Gasteiger partial charge in [0.05, 0.1) is 10.3 Å². The van der Waals surface area contributed by atoms with E-state index in [9.17, 15) is 9.18 Å². The van der Waals surface area contributed by atoms with E-state index in [0.717, 1.165) is 48.3 Å². The summed E-state index contributed by atoms with van der Waals surface area (Å²) < 4.78 is 14.0. The van der Waals surface area contributed by atoms with Crippen molar-refractivity contribution < 1.29 is 9.18 Å². The minimum atomic E-state index is -0.417. The minimum Gasteiger partial charge on any atom is -0.294 e. The Morgan fingerprint density at radius 1 is 1.22 bits per heavy atom. The smallest absolute Gasteiger partial charge is 0.161 e. The van der Waals surface area contributed by atoms with Gasteiger partial charge in [-0.05, 0) is 49.1 Å². The molecule has 5 heteroatoms. The van der Waals surface area contributed by atoms with Gasteiger partial charge in [-0.2, -0.15) is 11.8 Å². The summed E-state index contributed by atoms with van der Waals surface area (Å²) in [5.41, 5.74) is 3.79. The molecular formula is C18H17ClFNOS. The number of hydrogen-bond donors (Lipinski definition) is 0. The molecule has 0 saturated carbocycles. The molecule has 2 unspecified atom stereocenters. The van der Waals surface area contributed by atoms with Crippen LogP contribution in [0.3, 0.4) is 0 Å². The highest BCUT2D eigenvalue weighted by molar-refractivity contribution is 8.00. The number of carbonyl (C=O) groups excluding carboxylic acids is 1. The van der Waals surface area contributed by atoms with Gasteiger partial charge < -0.3 is 0 Å². The molecule has 120 valence electrons. The quantitative estimate of drug-likeness (QED) is 0.720. The zero-order chi connectivity index (χ0) is 16.0. The molecule has 4 rings (SSSR count). The first-order valence-corrected chi connectivity index (χ1v) is 9.48. The van der Waals surface area contributed by atoms with Gasteiger partial charge in [0.1, 0.15) is 5.82 Å². The summed E-state index contributed by atoms with van der Waals surface area (Å²) in [6.45, 7) is 0. The molecule has 23 heavy (non-hydrogen) atoms. The molecule has 2 aliphatic heterocycles. The summed E-state index contributed by atoms with van der Waals surface area (Å²) >= 11 is 7.69. The molecule has 1 aromatic rings. The van der Waals surface area contributed by atoms with Crippen molar-refractivity contribution in [3.05, 3.63) is 45.9 Å². The normalized spacial score (nSPS) is 27.4. The van der Waals surface area contributed by atoms with Gasteiger partial charge in [-0.25, -0.2) is 4.39 Å². The number of nitrogens with zero attached hydrogens (tertiary/aromatic N) is 1. The molecule has 1 saturated heterocycles. The van der Waals surface area contributed by atoms with E-state index in [4.69, 9.17) is 16.6 Å². The van der Waals surface area contributed by atoms with Crippen molar-refractivity contribution in [2.45, 2.75) is 43.3 Å². The van der Waals surface area contributed by atoms with Gasteiger partial charge in [-0.15, -0.1) is 0 Å². The number of fused-ring (bicyclic) bond motifs is 1. The first kappa shape index (κ1) is 15.4. The molecule has 0 spiro atoms. The van der Waals surface area contributed by atoms with E-state index in [2.05, 4.69) is 0 Å². The van der Waals surface area contributed by atoms with Crippen LogP contribution in [0.5, 0.6) is 0 Å². The van der Waals surface area contributed by atoms with E-state index in [-0.39, 0.29) is 22.0 Å². The van der Waals surface area contributed by atoms with Crippen LogP contribution in [0.4, 0.5) is 4.39 Å². The zero-order valence-corrected chi connectivity index (χ0v) is 14.2. The third-order valence-electron chi connectivity index (χ3n) is 4.83. The summed E-state index contributed by atoms with van der Waals surface area (Å²) in [5.74, 6) is 0.745. The van der Waals surface area contributed by atoms with E-state index in [1.54, 1.807) is 6.07 Å². The summed E-state index contributed by atoms with van der Waals surface area (Å²) in [4.78, 5) is 17.4. The molecule has 2 nitrogen and oxygen atoms in total. The van der Waals surface area contributed by atoms with E-state index < -0.39 is 5.82 Å². The number of hydrogen-bond acceptors (Lipinski definition) is 3. The Bertz CT molecular complexity index is 743. The summed E-state index contributed by atoms with van der Waals surface area (Å²) in [6.07, 6.45) is 4.41. The maximum absolute atomic E-state index is 14.0. The molecular weight excluding hydrogens is 333 g/mol. The number of aliphatic imine (C=N–C) groups is 1. The van der Waals surface area contributed by atoms with Crippen LogP contribution < -0.4 is 0 Å². The van der Waals surface area contributed by atoms with Gasteiger partial charge in [0.25, 0.3) is 0 Å². The lowest BCUT2D eigenvalue weighted by Gasteiger charge is -2.38. The summed E-state index contributed by atoms with van der Waals surface area (Å²) in [5, 5.41) is 0.282. The fourth-order valence-corrected chi connectivity index (χ4v) is 5.33. The Balaban J connectivity index is 1.86. The number of ketones is 1. The largest absolute Gasteiger partial charge is 0.294 e. The molecule has 0 amide bonds. The van der Waals surface area contributed by atoms with Gasteiger partial charge in [-0.3, -0.25) is 9.79 Å². The molecule has 0 N–H and O–H groups in total. The lowest BCUT2D eigenvalue weighted by Crippen LogP contribution is -2.36. The molecule has 2 heterocycles. The SMILES string of the molecule is O=C1CCCC2=C1C(c1ccc(Cl)c(F)c1)C1SCCCC1=N2. The topological polar surface area (TPSA) is 29.4 Å². The second kappa shape index (κ2) is 6.06. The molecule has 0 radical (unpaired) electrons. The Labute approximate surface area is 144 Å². The number of allylic oxidation sites excluding steroid dienone is 2. The van der Waals surface area contributed by atoms with Crippen LogP contribution in [-0.4, -0.2) is 22.5 Å². The standard InChI is InChI=1S/C18H17ClFNOS/c19-11-7-6-10(9-12(11)20)16-17-13(3-1-5-15(17)22)21-14-4-2-8-23-18(14)16/h6-7,9,16,18H,1-5,8H2. The predicted octanol–water partition coefficient (Wildman–Crippen LogP) is 4.92. The average Bonchev–Trinajstić information content (AvgIpc) is 2.56. The lowest BCUT2D eigenvalue weighted by molar-refractivity contribution is -0.116. The van der Waals surface area contributed by atoms with Gasteiger partial charge >= 0.3 is 0 Å². The Hall–Kier alpha value is -1.13. The monoisotopic (exact) mass is 349 g/mol. The average molecular weight is 350 g/mol. The van der Waals surface area contributed by atoms with Crippen molar-refractivity contribution in [3.63, 3.8) is 0 Å². The number of halogens is 2. The van der Waals surface area contributed by atoms with E-state index in [1.165, 1.54) is 11.8 Å². The van der Waals surface area contributed by atoms with Crippen LogP contribution in [0.25, 0.3) is 0 Å². The number of benzene rings is 1. The second-order valence-corrected chi connectivity index (χ2v) is 7.94. The van der Waals surface area contributed by atoms with Crippen LogP contribution in [0, 0.1) is 5.82 Å². The second-order valence-electron chi connectivity index (χ2n) is 6.29. The highest BCUT2D eigenvalue weighted by Crippen LogP contribution is 2.46. The molecule has 1 aromatic carbocycles. The van der Waals surface area contributed by atoms with Crippen molar-refractivity contribution in [2.75, 3.05) is 5.75 Å². The zero-order valence-electron chi connectivity index (χ0n) is 12.6. The highest BCUT2D eigenvalue weighted by atomic mass is 35.5. The molecule has 0 bridgehead atoms. The first-order chi connectivity index (χ1) is 11.1. The van der Waals surface area contributed by atoms with Crippen LogP contribution >= 0.6 is 23.4 Å². The molecule has 0 aromatic heterocycles. The van der Waals surface area contributed by atoms with Crippen molar-refractivity contribution >= 4 is 34.9 Å². The van der Waals surface area contributed by atoms with Crippen LogP contribution in [0.1, 0.15) is 43.6 Å². The van der Waals surface area contributed by atoms with E-state index in [0.29, 0.717) is 6.42 Å². The summed E-state index contributed by atoms with van der Waals surface area (Å²) in [6, 6.07) is 4.96. The van der Waals surface area contributed by atoms with Crippen molar-refractivity contribution in [2.24, 2.45) is 4.99 Å². The van der Waals surface area contributed by atoms with Gasteiger partial charge in [0.2, 0.25) is 0 Å². The lowest BCUT2D eigenvalue weighted by atomic mass is 9.76. The van der Waals surface area contributed by atoms with Crippen LogP contribution in [-0.2, 0) is 4.79 Å². The maximum Gasteiger partial charge on any atom is 0.161 e. The van der Waals surface area contributed by atoms with Gasteiger partial charge in [0, 0.05) is 29.3 Å². The maximum atomic E-state index is 14.0. The van der Waals surface area contributed by atoms with Crippen molar-refractivity contribution in [1.82, 2.24) is 0 Å². The first-order valence-electron chi connectivity index (χ1n) is 8.05. The molecule has 3 aliphatic rings. The number of rotatable bonds is 1. The minimum absolute atomic E-state index is 0.0811. The van der Waals surface area contributed by atoms with Crippen molar-refractivity contribution in [3.8, 4) is 0 Å². The predicted molar refractivity (Wildman–Crippen MR) is 93.0 cm³/mol. The summed E-state index contributed by atoms with van der Waals surface area (Å²) in [7, 11) is 0. The van der Waals surface area contributed by atoms with Crippen molar-refractivity contribution in [1.29, 1.82) is 0 Å². The third kappa shape index (κ3) is 2.66. The van der Waals surface area contributed by atoms with E-state index >= 15 is 0 Å². The molecule has 1 aliphatic carbocycles. The van der Waals surface area contributed by atoms with Gasteiger partial charge in [-0.1, -0.05) is 17.7 Å². The van der Waals surface area contributed by atoms with Crippen LogP contribution in [0.2, 0.25) is 5.02 Å². The van der Waals surface area contributed by atoms with Gasteiger partial charge in [0.15, 0.2) is 5.78 Å². The third-order valence-corrected chi connectivity index (χ3v) is 6.56. The molecule has 1 fully saturated rings. The van der Waals surface area contributed by atoms with Crippen LogP contribution in [0.15, 0.2) is 34.5 Å².